The zero-order valence-corrected chi connectivity index (χ0v) is 11.2. The van der Waals surface area contributed by atoms with Crippen molar-refractivity contribution >= 4 is 10.0 Å². The Hall–Kier alpha value is -1.05. The van der Waals surface area contributed by atoms with E-state index in [2.05, 4.69) is 9.97 Å². The van der Waals surface area contributed by atoms with Crippen molar-refractivity contribution in [3.8, 4) is 0 Å². The van der Waals surface area contributed by atoms with Crippen molar-refractivity contribution in [2.75, 3.05) is 19.6 Å². The Labute approximate surface area is 107 Å². The summed E-state index contributed by atoms with van der Waals surface area (Å²) < 4.78 is 26.4. The maximum Gasteiger partial charge on any atom is 0.262 e. The molecule has 0 aromatic carbocycles. The lowest BCUT2D eigenvalue weighted by Crippen LogP contribution is -2.42. The van der Waals surface area contributed by atoms with Crippen molar-refractivity contribution < 1.29 is 8.42 Å². The van der Waals surface area contributed by atoms with Crippen LogP contribution in [-0.2, 0) is 10.0 Å². The molecule has 1 aromatic heterocycles. The molecule has 1 aromatic rings. The van der Waals surface area contributed by atoms with Gasteiger partial charge in [-0.2, -0.15) is 4.31 Å². The molecule has 0 saturated carbocycles. The number of aryl methyl sites for hydroxylation is 1. The van der Waals surface area contributed by atoms with Gasteiger partial charge in [-0.1, -0.05) is 0 Å². The lowest BCUT2D eigenvalue weighted by atomic mass is 10.0. The number of sulfonamides is 1. The van der Waals surface area contributed by atoms with Gasteiger partial charge in [0.2, 0.25) is 0 Å². The first-order valence-corrected chi connectivity index (χ1v) is 7.47. The van der Waals surface area contributed by atoms with E-state index in [4.69, 9.17) is 5.73 Å². The van der Waals surface area contributed by atoms with Gasteiger partial charge in [0.15, 0.2) is 5.03 Å². The average molecular weight is 270 g/mol. The van der Waals surface area contributed by atoms with Gasteiger partial charge in [-0.3, -0.25) is 4.98 Å². The van der Waals surface area contributed by atoms with Crippen LogP contribution in [0, 0.1) is 12.8 Å². The van der Waals surface area contributed by atoms with Crippen LogP contribution < -0.4 is 5.73 Å². The van der Waals surface area contributed by atoms with Crippen molar-refractivity contribution in [3.05, 3.63) is 18.1 Å². The topological polar surface area (TPSA) is 89.2 Å². The highest BCUT2D eigenvalue weighted by Crippen LogP contribution is 2.22. The molecule has 2 N–H and O–H groups in total. The Morgan fingerprint density at radius 2 is 2.17 bits per heavy atom. The zero-order chi connectivity index (χ0) is 13.2. The molecule has 6 nitrogen and oxygen atoms in total. The highest BCUT2D eigenvalue weighted by molar-refractivity contribution is 7.89. The number of aromatic nitrogens is 2. The first-order valence-electron chi connectivity index (χ1n) is 6.03. The largest absolute Gasteiger partial charge is 0.330 e. The van der Waals surface area contributed by atoms with E-state index < -0.39 is 10.0 Å². The van der Waals surface area contributed by atoms with Gasteiger partial charge in [0.25, 0.3) is 10.0 Å². The summed E-state index contributed by atoms with van der Waals surface area (Å²) in [5, 5.41) is 0.0580. The molecule has 0 amide bonds. The molecule has 0 aliphatic carbocycles. The van der Waals surface area contributed by atoms with E-state index in [0.29, 0.717) is 25.3 Å². The number of piperidine rings is 1. The molecule has 1 aliphatic heterocycles. The molecule has 0 radical (unpaired) electrons. The Morgan fingerprint density at radius 1 is 1.44 bits per heavy atom. The van der Waals surface area contributed by atoms with Crippen molar-refractivity contribution in [2.45, 2.75) is 24.8 Å². The summed E-state index contributed by atoms with van der Waals surface area (Å²) in [7, 11) is -3.53. The number of nitrogens with two attached hydrogens (primary N) is 1. The number of hydrogen-bond donors (Lipinski definition) is 1. The summed E-state index contributed by atoms with van der Waals surface area (Å²) in [6.07, 6.45) is 4.74. The smallest absolute Gasteiger partial charge is 0.262 e. The zero-order valence-electron chi connectivity index (χ0n) is 10.4. The standard InChI is InChI=1S/C11H18N4O2S/c1-9-11(14-5-4-13-9)18(16,17)15-6-2-3-10(7-12)8-15/h4-5,10H,2-3,6-8,12H2,1H3/t10-/m1/s1. The summed E-state index contributed by atoms with van der Waals surface area (Å²) >= 11 is 0. The molecule has 18 heavy (non-hydrogen) atoms. The second kappa shape index (κ2) is 5.29. The fraction of sp³-hybridized carbons (Fsp3) is 0.636. The van der Waals surface area contributed by atoms with E-state index in [1.807, 2.05) is 0 Å². The normalized spacial score (nSPS) is 22.0. The minimum atomic E-state index is -3.53. The summed E-state index contributed by atoms with van der Waals surface area (Å²) in [4.78, 5) is 7.94. The highest BCUT2D eigenvalue weighted by atomic mass is 32.2. The quantitative estimate of drug-likeness (QED) is 0.844. The fourth-order valence-corrected chi connectivity index (χ4v) is 3.85. The minimum Gasteiger partial charge on any atom is -0.330 e. The lowest BCUT2D eigenvalue weighted by Gasteiger charge is -2.31. The van der Waals surface area contributed by atoms with Crippen LogP contribution in [0.1, 0.15) is 18.5 Å². The van der Waals surface area contributed by atoms with E-state index in [1.165, 1.54) is 16.7 Å². The second-order valence-electron chi connectivity index (χ2n) is 4.55. The fourth-order valence-electron chi connectivity index (χ4n) is 2.21. The van der Waals surface area contributed by atoms with Gasteiger partial charge in [-0.15, -0.1) is 0 Å². The van der Waals surface area contributed by atoms with Crippen LogP contribution >= 0.6 is 0 Å². The molecule has 1 fully saturated rings. The van der Waals surface area contributed by atoms with Gasteiger partial charge in [-0.05, 0) is 32.2 Å². The van der Waals surface area contributed by atoms with Crippen LogP contribution in [0.2, 0.25) is 0 Å². The third-order valence-corrected chi connectivity index (χ3v) is 5.14. The van der Waals surface area contributed by atoms with Crippen LogP contribution in [0.25, 0.3) is 0 Å². The molecule has 0 bridgehead atoms. The summed E-state index contributed by atoms with van der Waals surface area (Å²) in [5.41, 5.74) is 6.07. The van der Waals surface area contributed by atoms with Crippen LogP contribution in [0.3, 0.4) is 0 Å². The first kappa shape index (κ1) is 13.4. The van der Waals surface area contributed by atoms with Crippen LogP contribution in [-0.4, -0.2) is 42.3 Å². The van der Waals surface area contributed by atoms with E-state index in [-0.39, 0.29) is 10.9 Å². The SMILES string of the molecule is Cc1nccnc1S(=O)(=O)N1CCC[C@H](CN)C1. The Morgan fingerprint density at radius 3 is 2.83 bits per heavy atom. The molecule has 7 heteroatoms. The van der Waals surface area contributed by atoms with E-state index in [9.17, 15) is 8.42 Å². The van der Waals surface area contributed by atoms with Gasteiger partial charge in [0.05, 0.1) is 5.69 Å². The molecule has 1 atom stereocenters. The minimum absolute atomic E-state index is 0.0580. The monoisotopic (exact) mass is 270 g/mol. The van der Waals surface area contributed by atoms with Gasteiger partial charge in [-0.25, -0.2) is 13.4 Å². The molecule has 2 heterocycles. The first-order chi connectivity index (χ1) is 8.55. The molecular formula is C11H18N4O2S. The molecule has 0 spiro atoms. The summed E-state index contributed by atoms with van der Waals surface area (Å²) in [6, 6.07) is 0. The Bertz CT molecular complexity index is 518. The second-order valence-corrected chi connectivity index (χ2v) is 6.41. The Balaban J connectivity index is 2.29. The van der Waals surface area contributed by atoms with E-state index in [1.54, 1.807) is 6.92 Å². The molecule has 100 valence electrons. The Kier molecular flexibility index (Phi) is 3.94. The van der Waals surface area contributed by atoms with Crippen LogP contribution in [0.5, 0.6) is 0 Å². The molecule has 2 rings (SSSR count). The third kappa shape index (κ3) is 2.52. The van der Waals surface area contributed by atoms with Gasteiger partial charge < -0.3 is 5.73 Å². The van der Waals surface area contributed by atoms with Gasteiger partial charge >= 0.3 is 0 Å². The van der Waals surface area contributed by atoms with Crippen LogP contribution in [0.4, 0.5) is 0 Å². The van der Waals surface area contributed by atoms with Crippen molar-refractivity contribution in [1.82, 2.24) is 14.3 Å². The van der Waals surface area contributed by atoms with Gasteiger partial charge in [0, 0.05) is 25.5 Å². The number of rotatable bonds is 3. The number of nitrogens with zero attached hydrogens (tertiary/aromatic N) is 3. The van der Waals surface area contributed by atoms with Crippen molar-refractivity contribution in [2.24, 2.45) is 11.7 Å². The average Bonchev–Trinajstić information content (AvgIpc) is 2.39. The van der Waals surface area contributed by atoms with Crippen molar-refractivity contribution in [3.63, 3.8) is 0 Å². The molecule has 1 saturated heterocycles. The predicted octanol–water partition coefficient (Wildman–Crippen LogP) is 0.144. The highest BCUT2D eigenvalue weighted by Gasteiger charge is 2.31. The summed E-state index contributed by atoms with van der Waals surface area (Å²) in [5.74, 6) is 0.241. The molecular weight excluding hydrogens is 252 g/mol. The maximum atomic E-state index is 12.5. The van der Waals surface area contributed by atoms with Crippen molar-refractivity contribution in [1.29, 1.82) is 0 Å². The van der Waals surface area contributed by atoms with E-state index >= 15 is 0 Å². The maximum absolute atomic E-state index is 12.5. The molecule has 1 aliphatic rings. The summed E-state index contributed by atoms with van der Waals surface area (Å²) in [6.45, 7) is 3.19. The lowest BCUT2D eigenvalue weighted by molar-refractivity contribution is 0.270. The molecule has 0 unspecified atom stereocenters. The van der Waals surface area contributed by atoms with Gasteiger partial charge in [0.1, 0.15) is 0 Å². The third-order valence-electron chi connectivity index (χ3n) is 3.24. The number of hydrogen-bond acceptors (Lipinski definition) is 5. The predicted molar refractivity (Wildman–Crippen MR) is 67.3 cm³/mol. The van der Waals surface area contributed by atoms with E-state index in [0.717, 1.165) is 12.8 Å². The van der Waals surface area contributed by atoms with Crippen LogP contribution in [0.15, 0.2) is 17.4 Å².